The summed E-state index contributed by atoms with van der Waals surface area (Å²) in [6.07, 6.45) is -5.03. The highest BCUT2D eigenvalue weighted by Gasteiger charge is 2.35. The van der Waals surface area contributed by atoms with Gasteiger partial charge in [0.15, 0.2) is 5.69 Å². The van der Waals surface area contributed by atoms with E-state index in [0.29, 0.717) is 16.5 Å². The molecular weight excluding hydrogens is 439 g/mol. The van der Waals surface area contributed by atoms with Crippen LogP contribution in [0.2, 0.25) is 0 Å². The molecule has 33 heavy (non-hydrogen) atoms. The number of nitrogens with zero attached hydrogens (tertiary/aromatic N) is 2. The van der Waals surface area contributed by atoms with E-state index in [1.807, 2.05) is 6.07 Å². The molecule has 0 aliphatic rings. The number of hydrogen-bond donors (Lipinski definition) is 2. The third kappa shape index (κ3) is 4.88. The lowest BCUT2D eigenvalue weighted by Gasteiger charge is -2.16. The Bertz CT molecular complexity index is 1390. The lowest BCUT2D eigenvalue weighted by Crippen LogP contribution is -2.07. The molecule has 3 aromatic carbocycles. The van der Waals surface area contributed by atoms with Crippen LogP contribution in [-0.4, -0.2) is 21.3 Å². The molecule has 0 radical (unpaired) electrons. The summed E-state index contributed by atoms with van der Waals surface area (Å²) >= 11 is 0. The number of aliphatic carboxylic acids is 1. The highest BCUT2D eigenvalue weighted by Crippen LogP contribution is 2.41. The summed E-state index contributed by atoms with van der Waals surface area (Å²) in [6.45, 7) is 0. The molecule has 166 valence electrons. The number of alkyl halides is 3. The third-order valence-electron chi connectivity index (χ3n) is 4.61. The van der Waals surface area contributed by atoms with Gasteiger partial charge in [0.1, 0.15) is 34.6 Å². The number of benzene rings is 3. The van der Waals surface area contributed by atoms with Crippen LogP contribution >= 0.6 is 0 Å². The van der Waals surface area contributed by atoms with Crippen LogP contribution in [0.1, 0.15) is 16.8 Å². The molecule has 1 heterocycles. The van der Waals surface area contributed by atoms with Crippen molar-refractivity contribution in [1.29, 1.82) is 5.26 Å². The highest BCUT2D eigenvalue weighted by atomic mass is 19.4. The van der Waals surface area contributed by atoms with Crippen LogP contribution in [0.3, 0.4) is 0 Å². The monoisotopic (exact) mass is 453 g/mol. The highest BCUT2D eigenvalue weighted by molar-refractivity contribution is 5.85. The van der Waals surface area contributed by atoms with Crippen molar-refractivity contribution in [3.63, 3.8) is 0 Å². The summed E-state index contributed by atoms with van der Waals surface area (Å²) in [6, 6.07) is 15.6. The standard InChI is InChI=1S/C23H14F3N3O4/c24-23(25,26)18-11-16(32-15-4-6-19-17(10-15)20(12-27)29-28-19)5-7-21(18)33-14-3-1-2-13(8-14)9-22(30)31/h1-8,10-11H,9H2,(H,28,29)(H,30,31). The van der Waals surface area contributed by atoms with Gasteiger partial charge in [-0.15, -0.1) is 0 Å². The Morgan fingerprint density at radius 1 is 1.03 bits per heavy atom. The van der Waals surface area contributed by atoms with Gasteiger partial charge in [0, 0.05) is 5.39 Å². The molecule has 0 aliphatic heterocycles. The first kappa shape index (κ1) is 21.7. The number of halogens is 3. The van der Waals surface area contributed by atoms with Crippen LogP contribution in [0, 0.1) is 11.3 Å². The molecule has 0 saturated carbocycles. The molecular formula is C23H14F3N3O4. The number of carboxylic acid groups (broad SMARTS) is 1. The van der Waals surface area contributed by atoms with E-state index < -0.39 is 23.5 Å². The zero-order valence-corrected chi connectivity index (χ0v) is 16.7. The number of hydrogen-bond acceptors (Lipinski definition) is 5. The fraction of sp³-hybridized carbons (Fsp3) is 0.0870. The summed E-state index contributed by atoms with van der Waals surface area (Å²) < 4.78 is 52.2. The molecule has 4 rings (SSSR count). The number of ether oxygens (including phenoxy) is 2. The van der Waals surface area contributed by atoms with Crippen LogP contribution in [0.15, 0.2) is 60.7 Å². The summed E-state index contributed by atoms with van der Waals surface area (Å²) in [5.41, 5.74) is 0.0506. The summed E-state index contributed by atoms with van der Waals surface area (Å²) in [4.78, 5) is 10.9. The second-order valence-electron chi connectivity index (χ2n) is 6.97. The number of carbonyl (C=O) groups is 1. The topological polar surface area (TPSA) is 108 Å². The molecule has 0 unspecified atom stereocenters. The molecule has 4 aromatic rings. The minimum Gasteiger partial charge on any atom is -0.481 e. The average Bonchev–Trinajstić information content (AvgIpc) is 3.16. The maximum atomic E-state index is 13.7. The molecule has 0 atom stereocenters. The van der Waals surface area contributed by atoms with Crippen LogP contribution in [0.4, 0.5) is 13.2 Å². The largest absolute Gasteiger partial charge is 0.481 e. The van der Waals surface area contributed by atoms with E-state index in [-0.39, 0.29) is 29.4 Å². The second kappa shape index (κ2) is 8.55. The van der Waals surface area contributed by atoms with Gasteiger partial charge in [-0.2, -0.15) is 23.5 Å². The van der Waals surface area contributed by atoms with Crippen molar-refractivity contribution >= 4 is 16.9 Å². The number of aromatic nitrogens is 2. The number of aromatic amines is 1. The maximum Gasteiger partial charge on any atom is 0.420 e. The normalized spacial score (nSPS) is 11.2. The molecule has 10 heteroatoms. The van der Waals surface area contributed by atoms with E-state index >= 15 is 0 Å². The molecule has 0 amide bonds. The fourth-order valence-electron chi connectivity index (χ4n) is 3.18. The van der Waals surface area contributed by atoms with Crippen LogP contribution in [0.25, 0.3) is 10.9 Å². The van der Waals surface area contributed by atoms with Gasteiger partial charge in [-0.3, -0.25) is 9.89 Å². The molecule has 1 aromatic heterocycles. The number of rotatable bonds is 6. The van der Waals surface area contributed by atoms with Gasteiger partial charge in [0.05, 0.1) is 11.9 Å². The predicted octanol–water partition coefficient (Wildman–Crippen LogP) is 5.67. The van der Waals surface area contributed by atoms with E-state index in [0.717, 1.165) is 12.1 Å². The lowest BCUT2D eigenvalue weighted by molar-refractivity contribution is -0.138. The number of carboxylic acids is 1. The molecule has 0 saturated heterocycles. The number of nitriles is 1. The van der Waals surface area contributed by atoms with Crippen molar-refractivity contribution in [2.75, 3.05) is 0 Å². The van der Waals surface area contributed by atoms with E-state index in [4.69, 9.17) is 19.8 Å². The van der Waals surface area contributed by atoms with Crippen molar-refractivity contribution in [2.24, 2.45) is 0 Å². The summed E-state index contributed by atoms with van der Waals surface area (Å²) in [5.74, 6) is -1.32. The van der Waals surface area contributed by atoms with Gasteiger partial charge < -0.3 is 14.6 Å². The first-order chi connectivity index (χ1) is 15.7. The average molecular weight is 453 g/mol. The van der Waals surface area contributed by atoms with Crippen molar-refractivity contribution in [3.05, 3.63) is 77.5 Å². The van der Waals surface area contributed by atoms with Crippen molar-refractivity contribution in [2.45, 2.75) is 12.6 Å². The van der Waals surface area contributed by atoms with E-state index in [9.17, 15) is 18.0 Å². The number of fused-ring (bicyclic) bond motifs is 1. The lowest BCUT2D eigenvalue weighted by atomic mass is 10.1. The van der Waals surface area contributed by atoms with Gasteiger partial charge in [0.2, 0.25) is 0 Å². The van der Waals surface area contributed by atoms with E-state index in [2.05, 4.69) is 10.2 Å². The van der Waals surface area contributed by atoms with Gasteiger partial charge >= 0.3 is 12.1 Å². The molecule has 0 fully saturated rings. The second-order valence-corrected chi connectivity index (χ2v) is 6.97. The van der Waals surface area contributed by atoms with Crippen LogP contribution in [0.5, 0.6) is 23.0 Å². The third-order valence-corrected chi connectivity index (χ3v) is 4.61. The predicted molar refractivity (Wildman–Crippen MR) is 110 cm³/mol. The maximum absolute atomic E-state index is 13.7. The molecule has 0 spiro atoms. The Morgan fingerprint density at radius 2 is 1.76 bits per heavy atom. The summed E-state index contributed by atoms with van der Waals surface area (Å²) in [5, 5.41) is 25.0. The van der Waals surface area contributed by atoms with Gasteiger partial charge in [0.25, 0.3) is 0 Å². The minimum atomic E-state index is -4.74. The summed E-state index contributed by atoms with van der Waals surface area (Å²) in [7, 11) is 0. The van der Waals surface area contributed by atoms with Crippen LogP contribution < -0.4 is 9.47 Å². The number of nitrogens with one attached hydrogen (secondary N) is 1. The fourth-order valence-corrected chi connectivity index (χ4v) is 3.18. The Hall–Kier alpha value is -4.52. The Balaban J connectivity index is 1.64. The van der Waals surface area contributed by atoms with Crippen molar-refractivity contribution in [1.82, 2.24) is 10.2 Å². The van der Waals surface area contributed by atoms with E-state index in [1.165, 1.54) is 42.5 Å². The smallest absolute Gasteiger partial charge is 0.420 e. The SMILES string of the molecule is N#Cc1n[nH]c2ccc(Oc3ccc(Oc4cccc(CC(=O)O)c4)c(C(F)(F)F)c3)cc12. The first-order valence-corrected chi connectivity index (χ1v) is 9.49. The Labute approximate surface area is 184 Å². The van der Waals surface area contributed by atoms with Crippen molar-refractivity contribution < 1.29 is 32.5 Å². The zero-order valence-electron chi connectivity index (χ0n) is 16.7. The van der Waals surface area contributed by atoms with Crippen LogP contribution in [-0.2, 0) is 17.4 Å². The first-order valence-electron chi connectivity index (χ1n) is 9.49. The zero-order chi connectivity index (χ0) is 23.6. The Morgan fingerprint density at radius 3 is 2.48 bits per heavy atom. The Kier molecular flexibility index (Phi) is 5.62. The molecule has 0 aliphatic carbocycles. The molecule has 2 N–H and O–H groups in total. The van der Waals surface area contributed by atoms with Crippen molar-refractivity contribution in [3.8, 4) is 29.1 Å². The van der Waals surface area contributed by atoms with Gasteiger partial charge in [-0.05, 0) is 54.1 Å². The molecule has 0 bridgehead atoms. The number of H-pyrrole nitrogens is 1. The van der Waals surface area contributed by atoms with Gasteiger partial charge in [-0.1, -0.05) is 12.1 Å². The quantitative estimate of drug-likeness (QED) is 0.390. The minimum absolute atomic E-state index is 0.0716. The van der Waals surface area contributed by atoms with E-state index in [1.54, 1.807) is 6.07 Å². The van der Waals surface area contributed by atoms with Gasteiger partial charge in [-0.25, -0.2) is 0 Å². The molecule has 7 nitrogen and oxygen atoms in total.